The Hall–Kier alpha value is -1.14. The van der Waals surface area contributed by atoms with E-state index in [4.69, 9.17) is 4.99 Å². The molecule has 25 heavy (non-hydrogen) atoms. The number of likely N-dealkylation sites (tertiary alicyclic amines) is 1. The van der Waals surface area contributed by atoms with Crippen LogP contribution in [0.15, 0.2) is 10.4 Å². The second-order valence-corrected chi connectivity index (χ2v) is 7.71. The molecule has 0 aromatic carbocycles. The van der Waals surface area contributed by atoms with Gasteiger partial charge < -0.3 is 10.6 Å². The van der Waals surface area contributed by atoms with Crippen LogP contribution in [0.4, 0.5) is 0 Å². The third-order valence-corrected chi connectivity index (χ3v) is 5.77. The fraction of sp³-hybridized carbons (Fsp3) is 0.789. The number of aromatic nitrogens is 1. The summed E-state index contributed by atoms with van der Waals surface area (Å²) >= 11 is 1.75. The molecule has 0 amide bonds. The SMILES string of the molecule is CCNC(=NCCCc1nc(C)cs1)NCCN1CCCCC1CC. The summed E-state index contributed by atoms with van der Waals surface area (Å²) in [6.45, 7) is 11.6. The Balaban J connectivity index is 1.69. The second-order valence-electron chi connectivity index (χ2n) is 6.77. The molecule has 1 aliphatic heterocycles. The van der Waals surface area contributed by atoms with E-state index in [9.17, 15) is 0 Å². The van der Waals surface area contributed by atoms with Crippen molar-refractivity contribution in [1.29, 1.82) is 0 Å². The highest BCUT2D eigenvalue weighted by molar-refractivity contribution is 7.09. The number of aliphatic imine (C=N–C) groups is 1. The van der Waals surface area contributed by atoms with Crippen LogP contribution >= 0.6 is 11.3 Å². The molecule has 2 N–H and O–H groups in total. The number of hydrogen-bond acceptors (Lipinski definition) is 4. The molecule has 6 heteroatoms. The van der Waals surface area contributed by atoms with E-state index in [-0.39, 0.29) is 0 Å². The Labute approximate surface area is 157 Å². The zero-order valence-corrected chi connectivity index (χ0v) is 17.0. The Morgan fingerprint density at radius 1 is 1.36 bits per heavy atom. The fourth-order valence-electron chi connectivity index (χ4n) is 3.42. The van der Waals surface area contributed by atoms with Crippen LogP contribution in [0.2, 0.25) is 0 Å². The molecule has 2 heterocycles. The normalized spacial score (nSPS) is 19.2. The summed E-state index contributed by atoms with van der Waals surface area (Å²) < 4.78 is 0. The molecule has 1 atom stereocenters. The third kappa shape index (κ3) is 7.32. The largest absolute Gasteiger partial charge is 0.357 e. The van der Waals surface area contributed by atoms with Crippen molar-refractivity contribution in [2.24, 2.45) is 4.99 Å². The van der Waals surface area contributed by atoms with E-state index in [1.807, 2.05) is 0 Å². The first-order valence-electron chi connectivity index (χ1n) is 9.90. The molecule has 1 fully saturated rings. The summed E-state index contributed by atoms with van der Waals surface area (Å²) in [5.74, 6) is 0.947. The number of hydrogen-bond donors (Lipinski definition) is 2. The summed E-state index contributed by atoms with van der Waals surface area (Å²) in [5, 5.41) is 10.2. The predicted octanol–water partition coefficient (Wildman–Crippen LogP) is 3.20. The van der Waals surface area contributed by atoms with Crippen LogP contribution in [-0.4, -0.2) is 54.6 Å². The molecule has 1 aromatic heterocycles. The molecule has 0 spiro atoms. The van der Waals surface area contributed by atoms with Gasteiger partial charge in [-0.05, 0) is 46.1 Å². The van der Waals surface area contributed by atoms with E-state index >= 15 is 0 Å². The van der Waals surface area contributed by atoms with Crippen LogP contribution in [0.3, 0.4) is 0 Å². The van der Waals surface area contributed by atoms with Gasteiger partial charge in [0.05, 0.1) is 5.01 Å². The number of nitrogens with one attached hydrogen (secondary N) is 2. The molecule has 1 aliphatic rings. The van der Waals surface area contributed by atoms with Gasteiger partial charge in [0.2, 0.25) is 0 Å². The lowest BCUT2D eigenvalue weighted by Gasteiger charge is -2.35. The van der Waals surface area contributed by atoms with Crippen LogP contribution in [0.5, 0.6) is 0 Å². The van der Waals surface area contributed by atoms with Crippen LogP contribution < -0.4 is 10.6 Å². The van der Waals surface area contributed by atoms with Crippen molar-refractivity contribution in [2.45, 2.75) is 65.3 Å². The van der Waals surface area contributed by atoms with E-state index in [0.717, 1.165) is 56.7 Å². The van der Waals surface area contributed by atoms with Gasteiger partial charge in [0.15, 0.2) is 5.96 Å². The minimum absolute atomic E-state index is 0.775. The van der Waals surface area contributed by atoms with Crippen LogP contribution in [0.25, 0.3) is 0 Å². The molecule has 1 unspecified atom stereocenters. The third-order valence-electron chi connectivity index (χ3n) is 4.74. The van der Waals surface area contributed by atoms with Crippen molar-refractivity contribution in [2.75, 3.05) is 32.7 Å². The molecule has 1 saturated heterocycles. The highest BCUT2D eigenvalue weighted by Crippen LogP contribution is 2.18. The number of guanidine groups is 1. The first kappa shape index (κ1) is 20.2. The molecule has 0 saturated carbocycles. The van der Waals surface area contributed by atoms with E-state index in [0.29, 0.717) is 0 Å². The molecule has 0 aliphatic carbocycles. The molecular weight excluding hydrogens is 330 g/mol. The minimum Gasteiger partial charge on any atom is -0.357 e. The van der Waals surface area contributed by atoms with Crippen molar-refractivity contribution in [3.05, 3.63) is 16.1 Å². The number of aryl methyl sites for hydroxylation is 2. The monoisotopic (exact) mass is 365 g/mol. The average Bonchev–Trinajstić information content (AvgIpc) is 3.04. The van der Waals surface area contributed by atoms with Crippen molar-refractivity contribution in [3.63, 3.8) is 0 Å². The van der Waals surface area contributed by atoms with Crippen LogP contribution in [0.1, 0.15) is 56.7 Å². The van der Waals surface area contributed by atoms with Gasteiger partial charge in [-0.2, -0.15) is 0 Å². The van der Waals surface area contributed by atoms with Crippen molar-refractivity contribution in [1.82, 2.24) is 20.5 Å². The van der Waals surface area contributed by atoms with E-state index in [1.165, 1.54) is 37.2 Å². The topological polar surface area (TPSA) is 52.6 Å². The van der Waals surface area contributed by atoms with Gasteiger partial charge >= 0.3 is 0 Å². The quantitative estimate of drug-likeness (QED) is 0.401. The van der Waals surface area contributed by atoms with Crippen LogP contribution in [0, 0.1) is 6.92 Å². The Bertz CT molecular complexity index is 514. The Morgan fingerprint density at radius 3 is 2.96 bits per heavy atom. The van der Waals surface area contributed by atoms with Gasteiger partial charge in [0, 0.05) is 49.7 Å². The molecule has 2 rings (SSSR count). The fourth-order valence-corrected chi connectivity index (χ4v) is 4.23. The number of piperidine rings is 1. The number of nitrogens with zero attached hydrogens (tertiary/aromatic N) is 3. The van der Waals surface area contributed by atoms with Crippen molar-refractivity contribution < 1.29 is 0 Å². The predicted molar refractivity (Wildman–Crippen MR) is 109 cm³/mol. The summed E-state index contributed by atoms with van der Waals surface area (Å²) in [6.07, 6.45) is 7.44. The lowest BCUT2D eigenvalue weighted by atomic mass is 10.0. The molecule has 5 nitrogen and oxygen atoms in total. The van der Waals surface area contributed by atoms with Crippen LogP contribution in [-0.2, 0) is 6.42 Å². The van der Waals surface area contributed by atoms with Gasteiger partial charge in [-0.25, -0.2) is 4.98 Å². The van der Waals surface area contributed by atoms with Gasteiger partial charge in [-0.3, -0.25) is 9.89 Å². The van der Waals surface area contributed by atoms with E-state index < -0.39 is 0 Å². The first-order chi connectivity index (χ1) is 12.2. The zero-order chi connectivity index (χ0) is 17.9. The maximum Gasteiger partial charge on any atom is 0.191 e. The van der Waals surface area contributed by atoms with Crippen molar-refractivity contribution in [3.8, 4) is 0 Å². The summed E-state index contributed by atoms with van der Waals surface area (Å²) in [5.41, 5.74) is 1.13. The number of thiazole rings is 1. The standard InChI is InChI=1S/C19H35N5S/c1-4-17-9-6-7-13-24(17)14-12-22-19(20-5-2)21-11-8-10-18-23-16(3)15-25-18/h15,17H,4-14H2,1-3H3,(H2,20,21,22). The zero-order valence-electron chi connectivity index (χ0n) is 16.2. The molecule has 1 aromatic rings. The smallest absolute Gasteiger partial charge is 0.191 e. The Morgan fingerprint density at radius 2 is 2.24 bits per heavy atom. The van der Waals surface area contributed by atoms with Gasteiger partial charge in [-0.15, -0.1) is 11.3 Å². The molecule has 0 radical (unpaired) electrons. The number of rotatable bonds is 9. The minimum atomic E-state index is 0.775. The molecular formula is C19H35N5S. The average molecular weight is 366 g/mol. The highest BCUT2D eigenvalue weighted by atomic mass is 32.1. The highest BCUT2D eigenvalue weighted by Gasteiger charge is 2.19. The lowest BCUT2D eigenvalue weighted by molar-refractivity contribution is 0.147. The van der Waals surface area contributed by atoms with Crippen molar-refractivity contribution >= 4 is 17.3 Å². The molecule has 142 valence electrons. The summed E-state index contributed by atoms with van der Waals surface area (Å²) in [6, 6.07) is 0.775. The second kappa shape index (κ2) is 11.5. The first-order valence-corrected chi connectivity index (χ1v) is 10.8. The van der Waals surface area contributed by atoms with E-state index in [1.54, 1.807) is 11.3 Å². The van der Waals surface area contributed by atoms with Gasteiger partial charge in [0.1, 0.15) is 0 Å². The maximum atomic E-state index is 4.71. The van der Waals surface area contributed by atoms with Gasteiger partial charge in [-0.1, -0.05) is 13.3 Å². The Kier molecular flexibility index (Phi) is 9.26. The molecule has 0 bridgehead atoms. The maximum absolute atomic E-state index is 4.71. The lowest BCUT2D eigenvalue weighted by Crippen LogP contribution is -2.46. The summed E-state index contributed by atoms with van der Waals surface area (Å²) in [4.78, 5) is 11.9. The van der Waals surface area contributed by atoms with Gasteiger partial charge in [0.25, 0.3) is 0 Å². The summed E-state index contributed by atoms with van der Waals surface area (Å²) in [7, 11) is 0. The van der Waals surface area contributed by atoms with E-state index in [2.05, 4.69) is 46.7 Å².